The van der Waals surface area contributed by atoms with Crippen LogP contribution in [0.3, 0.4) is 0 Å². The van der Waals surface area contributed by atoms with Crippen molar-refractivity contribution in [2.45, 2.75) is 19.8 Å². The summed E-state index contributed by atoms with van der Waals surface area (Å²) >= 11 is 4.78. The molecule has 0 atom stereocenters. The molecule has 15 heavy (non-hydrogen) atoms. The summed E-state index contributed by atoms with van der Waals surface area (Å²) in [6, 6.07) is 2.14. The summed E-state index contributed by atoms with van der Waals surface area (Å²) in [4.78, 5) is 10.2. The zero-order valence-corrected chi connectivity index (χ0v) is 10.7. The highest BCUT2D eigenvalue weighted by molar-refractivity contribution is 9.10. The Balaban J connectivity index is 2.69. The Labute approximate surface area is 99.9 Å². The normalized spacial score (nSPS) is 10.9. The van der Waals surface area contributed by atoms with E-state index in [2.05, 4.69) is 45.8 Å². The number of halogens is 1. The van der Waals surface area contributed by atoms with E-state index in [1.807, 2.05) is 0 Å². The van der Waals surface area contributed by atoms with Gasteiger partial charge in [0.05, 0.1) is 4.47 Å². The van der Waals surface area contributed by atoms with E-state index in [1.54, 1.807) is 6.20 Å². The van der Waals surface area contributed by atoms with Gasteiger partial charge < -0.3 is 0 Å². The van der Waals surface area contributed by atoms with Crippen LogP contribution in [-0.4, -0.2) is 9.97 Å². The molecule has 0 amide bonds. The molecule has 2 rings (SSSR count). The van der Waals surface area contributed by atoms with Gasteiger partial charge in [0, 0.05) is 17.5 Å². The van der Waals surface area contributed by atoms with Crippen LogP contribution in [0.15, 0.2) is 10.7 Å². The van der Waals surface area contributed by atoms with Crippen molar-refractivity contribution in [1.29, 1.82) is 5.26 Å². The maximum Gasteiger partial charge on any atom is 0.132 e. The monoisotopic (exact) mass is 281 g/mol. The Bertz CT molecular complexity index is 554. The SMILES string of the molecule is CC(C)c1ncc2c(Br)c(C#N)sc2n1. The van der Waals surface area contributed by atoms with Gasteiger partial charge in [-0.25, -0.2) is 9.97 Å². The maximum atomic E-state index is 8.88. The van der Waals surface area contributed by atoms with Gasteiger partial charge in [-0.05, 0) is 15.9 Å². The number of rotatable bonds is 1. The van der Waals surface area contributed by atoms with Crippen molar-refractivity contribution in [3.8, 4) is 6.07 Å². The maximum absolute atomic E-state index is 8.88. The first-order valence-corrected chi connectivity index (χ1v) is 6.09. The molecule has 0 aliphatic rings. The molecule has 0 fully saturated rings. The number of thiophene rings is 1. The first-order chi connectivity index (χ1) is 7.13. The molecule has 0 aliphatic heterocycles. The minimum Gasteiger partial charge on any atom is -0.240 e. The molecule has 0 unspecified atom stereocenters. The third-order valence-electron chi connectivity index (χ3n) is 2.02. The second-order valence-electron chi connectivity index (χ2n) is 3.46. The van der Waals surface area contributed by atoms with Crippen LogP contribution < -0.4 is 0 Å². The van der Waals surface area contributed by atoms with E-state index in [-0.39, 0.29) is 0 Å². The summed E-state index contributed by atoms with van der Waals surface area (Å²) in [5, 5.41) is 9.80. The highest BCUT2D eigenvalue weighted by Crippen LogP contribution is 2.33. The highest BCUT2D eigenvalue weighted by atomic mass is 79.9. The van der Waals surface area contributed by atoms with Gasteiger partial charge in [-0.2, -0.15) is 5.26 Å². The van der Waals surface area contributed by atoms with Crippen molar-refractivity contribution >= 4 is 37.5 Å². The first-order valence-electron chi connectivity index (χ1n) is 4.48. The molecule has 0 radical (unpaired) electrons. The van der Waals surface area contributed by atoms with Crippen molar-refractivity contribution < 1.29 is 0 Å². The third kappa shape index (κ3) is 1.75. The van der Waals surface area contributed by atoms with Gasteiger partial charge in [-0.1, -0.05) is 13.8 Å². The molecule has 0 N–H and O–H groups in total. The van der Waals surface area contributed by atoms with E-state index in [0.717, 1.165) is 20.5 Å². The summed E-state index contributed by atoms with van der Waals surface area (Å²) in [6.07, 6.45) is 1.78. The fourth-order valence-electron chi connectivity index (χ4n) is 1.22. The molecular formula is C10H8BrN3S. The molecule has 0 aliphatic carbocycles. The van der Waals surface area contributed by atoms with Crippen LogP contribution in [0.5, 0.6) is 0 Å². The average molecular weight is 282 g/mol. The van der Waals surface area contributed by atoms with Crippen molar-refractivity contribution in [2.75, 3.05) is 0 Å². The van der Waals surface area contributed by atoms with Crippen LogP contribution in [0.2, 0.25) is 0 Å². The number of nitrogens with zero attached hydrogens (tertiary/aromatic N) is 3. The molecular weight excluding hydrogens is 274 g/mol. The van der Waals surface area contributed by atoms with Gasteiger partial charge in [-0.15, -0.1) is 11.3 Å². The van der Waals surface area contributed by atoms with Crippen LogP contribution in [0.1, 0.15) is 30.5 Å². The molecule has 2 heterocycles. The number of nitriles is 1. The highest BCUT2D eigenvalue weighted by Gasteiger charge is 2.12. The van der Waals surface area contributed by atoms with Crippen LogP contribution in [-0.2, 0) is 0 Å². The lowest BCUT2D eigenvalue weighted by atomic mass is 10.2. The van der Waals surface area contributed by atoms with Gasteiger partial charge in [0.1, 0.15) is 21.6 Å². The summed E-state index contributed by atoms with van der Waals surface area (Å²) in [5.41, 5.74) is 0. The number of hydrogen-bond acceptors (Lipinski definition) is 4. The minimum absolute atomic E-state index is 0.306. The summed E-state index contributed by atoms with van der Waals surface area (Å²) < 4.78 is 0.806. The van der Waals surface area contributed by atoms with Crippen molar-refractivity contribution in [1.82, 2.24) is 9.97 Å². The molecule has 0 spiro atoms. The average Bonchev–Trinajstić information content (AvgIpc) is 2.55. The molecule has 5 heteroatoms. The lowest BCUT2D eigenvalue weighted by Gasteiger charge is -2.01. The van der Waals surface area contributed by atoms with E-state index in [9.17, 15) is 0 Å². The smallest absolute Gasteiger partial charge is 0.132 e. The second-order valence-corrected chi connectivity index (χ2v) is 5.25. The second kappa shape index (κ2) is 3.87. The number of fused-ring (bicyclic) bond motifs is 1. The van der Waals surface area contributed by atoms with E-state index < -0.39 is 0 Å². The fraction of sp³-hybridized carbons (Fsp3) is 0.300. The lowest BCUT2D eigenvalue weighted by Crippen LogP contribution is -1.95. The Morgan fingerprint density at radius 2 is 2.27 bits per heavy atom. The Morgan fingerprint density at radius 3 is 2.87 bits per heavy atom. The van der Waals surface area contributed by atoms with Gasteiger partial charge >= 0.3 is 0 Å². The summed E-state index contributed by atoms with van der Waals surface area (Å²) in [6.45, 7) is 4.10. The topological polar surface area (TPSA) is 49.6 Å². The molecule has 3 nitrogen and oxygen atoms in total. The molecule has 0 saturated carbocycles. The number of hydrogen-bond donors (Lipinski definition) is 0. The van der Waals surface area contributed by atoms with Gasteiger partial charge in [-0.3, -0.25) is 0 Å². The summed E-state index contributed by atoms with van der Waals surface area (Å²) in [5.74, 6) is 1.13. The first kappa shape index (κ1) is 10.5. The minimum atomic E-state index is 0.306. The van der Waals surface area contributed by atoms with E-state index in [1.165, 1.54) is 11.3 Å². The van der Waals surface area contributed by atoms with Crippen LogP contribution in [0.4, 0.5) is 0 Å². The third-order valence-corrected chi connectivity index (χ3v) is 4.12. The molecule has 0 bridgehead atoms. The quantitative estimate of drug-likeness (QED) is 0.805. The lowest BCUT2D eigenvalue weighted by molar-refractivity contribution is 0.784. The van der Waals surface area contributed by atoms with Crippen LogP contribution in [0, 0.1) is 11.3 Å². The van der Waals surface area contributed by atoms with E-state index in [0.29, 0.717) is 10.8 Å². The fourth-order valence-corrected chi connectivity index (χ4v) is 2.82. The number of aromatic nitrogens is 2. The molecule has 0 aromatic carbocycles. The largest absolute Gasteiger partial charge is 0.240 e. The van der Waals surface area contributed by atoms with E-state index >= 15 is 0 Å². The van der Waals surface area contributed by atoms with Gasteiger partial charge in [0.15, 0.2) is 0 Å². The standard InChI is InChI=1S/C10H8BrN3S/c1-5(2)9-13-4-6-8(11)7(3-12)15-10(6)14-9/h4-5H,1-2H3. The molecule has 2 aromatic heterocycles. The van der Waals surface area contributed by atoms with Gasteiger partial charge in [0.2, 0.25) is 0 Å². The van der Waals surface area contributed by atoms with Crippen molar-refractivity contribution in [3.05, 3.63) is 21.4 Å². The van der Waals surface area contributed by atoms with Crippen LogP contribution in [0.25, 0.3) is 10.2 Å². The predicted octanol–water partition coefficient (Wildman–Crippen LogP) is 3.45. The zero-order chi connectivity index (χ0) is 11.0. The molecule has 2 aromatic rings. The zero-order valence-electron chi connectivity index (χ0n) is 8.28. The van der Waals surface area contributed by atoms with Gasteiger partial charge in [0.25, 0.3) is 0 Å². The molecule has 0 saturated heterocycles. The summed E-state index contributed by atoms with van der Waals surface area (Å²) in [7, 11) is 0. The predicted molar refractivity (Wildman–Crippen MR) is 63.9 cm³/mol. The van der Waals surface area contributed by atoms with E-state index in [4.69, 9.17) is 5.26 Å². The Hall–Kier alpha value is -0.990. The van der Waals surface area contributed by atoms with Crippen molar-refractivity contribution in [3.63, 3.8) is 0 Å². The van der Waals surface area contributed by atoms with Crippen LogP contribution >= 0.6 is 27.3 Å². The molecule has 76 valence electrons. The Kier molecular flexibility index (Phi) is 2.72. The van der Waals surface area contributed by atoms with Crippen molar-refractivity contribution in [2.24, 2.45) is 0 Å². The Morgan fingerprint density at radius 1 is 1.53 bits per heavy atom.